The number of nitriles is 1. The molecule has 1 saturated carbocycles. The van der Waals surface area contributed by atoms with E-state index in [0.29, 0.717) is 47.9 Å². The van der Waals surface area contributed by atoms with E-state index in [0.717, 1.165) is 0 Å². The molecule has 1 aromatic rings. The first-order valence-corrected chi connectivity index (χ1v) is 10.9. The van der Waals surface area contributed by atoms with Crippen molar-refractivity contribution < 1.29 is 23.5 Å². The highest BCUT2D eigenvalue weighted by Gasteiger charge is 2.51. The van der Waals surface area contributed by atoms with E-state index in [4.69, 9.17) is 4.74 Å². The zero-order chi connectivity index (χ0) is 23.5. The first-order valence-electron chi connectivity index (χ1n) is 10.1. The van der Waals surface area contributed by atoms with Crippen LogP contribution in [0.25, 0.3) is 0 Å². The Morgan fingerprint density at radius 2 is 2.03 bits per heavy atom. The molecule has 11 heteroatoms. The molecule has 3 N–H and O–H groups in total. The Hall–Kier alpha value is -3.00. The SMILES string of the molecule is CNC(=O)C(=O)N[C@@H](C)CC1(C#N)CCC2(CC1)OC(=O)NN=C2c1ccc(F)cc1Br. The standard InChI is InChI=1S/C21H23BrFN5O4/c1-12(26-18(30)17(29)25-2)10-20(11-24)5-7-21(8-6-20)16(27-28-19(31)32-21)14-4-3-13(23)9-15(14)22/h3-4,9,12H,5-8,10H2,1-2H3,(H,25,29)(H,26,30)(H,28,31)/t12-,20?,21?/m0/s1. The molecular weight excluding hydrogens is 485 g/mol. The molecule has 0 bridgehead atoms. The van der Waals surface area contributed by atoms with Crippen molar-refractivity contribution in [2.45, 2.75) is 50.7 Å². The van der Waals surface area contributed by atoms with Crippen molar-refractivity contribution in [3.05, 3.63) is 34.1 Å². The van der Waals surface area contributed by atoms with Crippen molar-refractivity contribution in [3.8, 4) is 6.07 Å². The van der Waals surface area contributed by atoms with Gasteiger partial charge in [0.05, 0.1) is 11.5 Å². The summed E-state index contributed by atoms with van der Waals surface area (Å²) in [5.41, 5.74) is 1.52. The van der Waals surface area contributed by atoms with Gasteiger partial charge in [-0.25, -0.2) is 14.6 Å². The van der Waals surface area contributed by atoms with Crippen LogP contribution in [-0.2, 0) is 14.3 Å². The van der Waals surface area contributed by atoms with Gasteiger partial charge in [0.2, 0.25) is 0 Å². The van der Waals surface area contributed by atoms with E-state index < -0.39 is 40.8 Å². The summed E-state index contributed by atoms with van der Waals surface area (Å²) < 4.78 is 19.7. The molecule has 2 aliphatic rings. The lowest BCUT2D eigenvalue weighted by Gasteiger charge is -2.45. The Morgan fingerprint density at radius 3 is 2.62 bits per heavy atom. The first-order chi connectivity index (χ1) is 15.1. The maximum Gasteiger partial charge on any atom is 0.428 e. The van der Waals surface area contributed by atoms with Crippen LogP contribution in [0.3, 0.4) is 0 Å². The third kappa shape index (κ3) is 4.75. The molecule has 0 radical (unpaired) electrons. The normalized spacial score (nSPS) is 25.6. The molecule has 1 spiro atoms. The number of hydrogen-bond acceptors (Lipinski definition) is 6. The minimum absolute atomic E-state index is 0.326. The van der Waals surface area contributed by atoms with Crippen LogP contribution in [0.4, 0.5) is 9.18 Å². The largest absolute Gasteiger partial charge is 0.435 e. The molecular formula is C21H23BrFN5O4. The second kappa shape index (κ2) is 9.24. The molecule has 3 amide bonds. The number of hydrogen-bond donors (Lipinski definition) is 3. The molecule has 1 fully saturated rings. The average molecular weight is 508 g/mol. The molecule has 1 heterocycles. The number of ether oxygens (including phenoxy) is 1. The van der Waals surface area contributed by atoms with Crippen LogP contribution in [0.2, 0.25) is 0 Å². The number of carbonyl (C=O) groups is 3. The summed E-state index contributed by atoms with van der Waals surface area (Å²) >= 11 is 3.34. The molecule has 0 saturated heterocycles. The van der Waals surface area contributed by atoms with Gasteiger partial charge >= 0.3 is 17.9 Å². The minimum atomic E-state index is -1.06. The molecule has 0 aromatic heterocycles. The van der Waals surface area contributed by atoms with E-state index in [9.17, 15) is 24.0 Å². The second-order valence-electron chi connectivity index (χ2n) is 8.13. The average Bonchev–Trinajstić information content (AvgIpc) is 2.76. The lowest BCUT2D eigenvalue weighted by atomic mass is 9.65. The van der Waals surface area contributed by atoms with Gasteiger partial charge in [0, 0.05) is 23.1 Å². The number of amides is 3. The first kappa shape index (κ1) is 23.7. The van der Waals surface area contributed by atoms with E-state index in [-0.39, 0.29) is 0 Å². The monoisotopic (exact) mass is 507 g/mol. The molecule has 1 aliphatic heterocycles. The fourth-order valence-corrected chi connectivity index (χ4v) is 4.85. The zero-order valence-corrected chi connectivity index (χ0v) is 19.2. The minimum Gasteiger partial charge on any atom is -0.435 e. The lowest BCUT2D eigenvalue weighted by Crippen LogP contribution is -2.54. The van der Waals surface area contributed by atoms with Crippen LogP contribution in [0, 0.1) is 22.6 Å². The Bertz CT molecular complexity index is 1010. The van der Waals surface area contributed by atoms with Crippen LogP contribution in [0.1, 0.15) is 44.6 Å². The van der Waals surface area contributed by atoms with Gasteiger partial charge in [-0.2, -0.15) is 10.4 Å². The van der Waals surface area contributed by atoms with Crippen LogP contribution in [0.15, 0.2) is 27.8 Å². The van der Waals surface area contributed by atoms with Gasteiger partial charge in [0.15, 0.2) is 5.60 Å². The molecule has 3 rings (SSSR count). The zero-order valence-electron chi connectivity index (χ0n) is 17.6. The number of benzene rings is 1. The summed E-state index contributed by atoms with van der Waals surface area (Å²) in [4.78, 5) is 35.3. The highest BCUT2D eigenvalue weighted by atomic mass is 79.9. The number of likely N-dealkylation sites (N-methyl/N-ethyl adjacent to an activating group) is 1. The number of nitrogens with zero attached hydrogens (tertiary/aromatic N) is 2. The van der Waals surface area contributed by atoms with Crippen LogP contribution >= 0.6 is 15.9 Å². The van der Waals surface area contributed by atoms with Crippen LogP contribution in [0.5, 0.6) is 0 Å². The van der Waals surface area contributed by atoms with E-state index >= 15 is 0 Å². The van der Waals surface area contributed by atoms with Crippen LogP contribution < -0.4 is 16.1 Å². The summed E-state index contributed by atoms with van der Waals surface area (Å²) in [5, 5.41) is 19.0. The maximum atomic E-state index is 13.6. The molecule has 32 heavy (non-hydrogen) atoms. The molecule has 170 valence electrons. The highest BCUT2D eigenvalue weighted by Crippen LogP contribution is 2.47. The second-order valence-corrected chi connectivity index (χ2v) is 8.98. The Labute approximate surface area is 192 Å². The fourth-order valence-electron chi connectivity index (χ4n) is 4.31. The number of hydrazone groups is 1. The van der Waals surface area contributed by atoms with Gasteiger partial charge in [-0.05, 0) is 57.2 Å². The third-order valence-corrected chi connectivity index (χ3v) is 6.58. The van der Waals surface area contributed by atoms with Gasteiger partial charge in [0.25, 0.3) is 0 Å². The topological polar surface area (TPSA) is 133 Å². The lowest BCUT2D eigenvalue weighted by molar-refractivity contribution is -0.139. The molecule has 0 unspecified atom stereocenters. The quantitative estimate of drug-likeness (QED) is 0.538. The van der Waals surface area contributed by atoms with E-state index in [1.165, 1.54) is 19.2 Å². The van der Waals surface area contributed by atoms with E-state index in [1.807, 2.05) is 0 Å². The van der Waals surface area contributed by atoms with Crippen LogP contribution in [-0.4, -0.2) is 42.3 Å². The Balaban J connectivity index is 1.80. The van der Waals surface area contributed by atoms with Crippen molar-refractivity contribution in [1.29, 1.82) is 5.26 Å². The highest BCUT2D eigenvalue weighted by molar-refractivity contribution is 9.10. The van der Waals surface area contributed by atoms with Crippen molar-refractivity contribution in [2.75, 3.05) is 7.05 Å². The number of halogens is 2. The van der Waals surface area contributed by atoms with E-state index in [1.54, 1.807) is 13.0 Å². The summed E-state index contributed by atoms with van der Waals surface area (Å²) in [6.07, 6.45) is 1.06. The predicted octanol–water partition coefficient (Wildman–Crippen LogP) is 2.50. The van der Waals surface area contributed by atoms with Gasteiger partial charge in [0.1, 0.15) is 11.5 Å². The maximum absolute atomic E-state index is 13.6. The Morgan fingerprint density at radius 1 is 1.34 bits per heavy atom. The number of rotatable bonds is 4. The van der Waals surface area contributed by atoms with Crippen molar-refractivity contribution >= 4 is 39.5 Å². The van der Waals surface area contributed by atoms with Crippen molar-refractivity contribution in [1.82, 2.24) is 16.1 Å². The van der Waals surface area contributed by atoms with Crippen molar-refractivity contribution in [2.24, 2.45) is 10.5 Å². The number of nitrogens with one attached hydrogen (secondary N) is 3. The van der Waals surface area contributed by atoms with Crippen molar-refractivity contribution in [3.63, 3.8) is 0 Å². The number of carbonyl (C=O) groups excluding carboxylic acids is 3. The molecule has 1 aromatic carbocycles. The predicted molar refractivity (Wildman–Crippen MR) is 116 cm³/mol. The summed E-state index contributed by atoms with van der Waals surface area (Å²) in [7, 11) is 1.36. The third-order valence-electron chi connectivity index (χ3n) is 5.92. The fraction of sp³-hybridized carbons (Fsp3) is 0.476. The van der Waals surface area contributed by atoms with Gasteiger partial charge in [-0.1, -0.05) is 15.9 Å². The molecule has 1 atom stereocenters. The van der Waals surface area contributed by atoms with Gasteiger partial charge in [-0.15, -0.1) is 0 Å². The van der Waals surface area contributed by atoms with E-state index in [2.05, 4.69) is 43.2 Å². The Kier molecular flexibility index (Phi) is 6.83. The molecule has 1 aliphatic carbocycles. The summed E-state index contributed by atoms with van der Waals surface area (Å²) in [6, 6.07) is 6.11. The van der Waals surface area contributed by atoms with Gasteiger partial charge < -0.3 is 15.4 Å². The smallest absolute Gasteiger partial charge is 0.428 e. The summed E-state index contributed by atoms with van der Waals surface area (Å²) in [6.45, 7) is 1.73. The molecule has 9 nitrogen and oxygen atoms in total. The van der Waals surface area contributed by atoms with Gasteiger partial charge in [-0.3, -0.25) is 9.59 Å². The summed E-state index contributed by atoms with van der Waals surface area (Å²) in [5.74, 6) is -1.93.